The second-order valence-corrected chi connectivity index (χ2v) is 6.62. The zero-order valence-corrected chi connectivity index (χ0v) is 15.5. The predicted molar refractivity (Wildman–Crippen MR) is 108 cm³/mol. The third kappa shape index (κ3) is 2.73. The van der Waals surface area contributed by atoms with Crippen LogP contribution in [-0.2, 0) is 0 Å². The number of H-pyrrole nitrogens is 2. The Morgan fingerprint density at radius 2 is 2.00 bits per heavy atom. The normalized spacial score (nSPS) is 11.2. The van der Waals surface area contributed by atoms with Crippen LogP contribution in [0.2, 0.25) is 0 Å². The lowest BCUT2D eigenvalue weighted by Crippen LogP contribution is -1.89. The van der Waals surface area contributed by atoms with Crippen LogP contribution >= 0.6 is 0 Å². The van der Waals surface area contributed by atoms with Crippen LogP contribution in [0.25, 0.3) is 39.2 Å². The summed E-state index contributed by atoms with van der Waals surface area (Å²) >= 11 is 0. The van der Waals surface area contributed by atoms with E-state index in [9.17, 15) is 0 Å². The van der Waals surface area contributed by atoms with Crippen LogP contribution in [0.4, 0.5) is 0 Å². The molecule has 0 aliphatic rings. The monoisotopic (exact) mass is 370 g/mol. The van der Waals surface area contributed by atoms with Gasteiger partial charge in [-0.1, -0.05) is 6.07 Å². The minimum absolute atomic E-state index is 0.708. The van der Waals surface area contributed by atoms with Crippen molar-refractivity contribution in [3.05, 3.63) is 67.0 Å². The molecule has 0 unspecified atom stereocenters. The minimum atomic E-state index is 0.708. The van der Waals surface area contributed by atoms with E-state index >= 15 is 0 Å². The van der Waals surface area contributed by atoms with Crippen molar-refractivity contribution >= 4 is 10.9 Å². The van der Waals surface area contributed by atoms with Gasteiger partial charge in [-0.3, -0.25) is 10.1 Å². The number of imidazole rings is 1. The number of fused-ring (bicyclic) bond motifs is 1. The molecular weight excluding hydrogens is 352 g/mol. The number of aromatic amines is 2. The number of nitrogens with zero attached hydrogens (tertiary/aromatic N) is 4. The van der Waals surface area contributed by atoms with Gasteiger partial charge in [0.15, 0.2) is 0 Å². The Bertz CT molecular complexity index is 1280. The Morgan fingerprint density at radius 3 is 2.82 bits per heavy atom. The van der Waals surface area contributed by atoms with Gasteiger partial charge < -0.3 is 14.3 Å². The van der Waals surface area contributed by atoms with E-state index in [0.29, 0.717) is 5.75 Å². The van der Waals surface area contributed by atoms with E-state index in [0.717, 1.165) is 44.9 Å². The first-order valence-electron chi connectivity index (χ1n) is 8.89. The van der Waals surface area contributed by atoms with E-state index in [-0.39, 0.29) is 0 Å². The quantitative estimate of drug-likeness (QED) is 0.498. The number of nitrogens with one attached hydrogen (secondary N) is 2. The molecule has 4 heterocycles. The number of rotatable bonds is 4. The van der Waals surface area contributed by atoms with Crippen LogP contribution in [0.1, 0.15) is 5.69 Å². The van der Waals surface area contributed by atoms with Gasteiger partial charge in [-0.05, 0) is 37.3 Å². The molecule has 5 rings (SSSR count). The molecule has 138 valence electrons. The maximum absolute atomic E-state index is 5.25. The molecule has 0 aliphatic carbocycles. The number of methoxy groups -OCH3 is 1. The molecule has 0 aliphatic heterocycles. The maximum atomic E-state index is 5.25. The van der Waals surface area contributed by atoms with Gasteiger partial charge in [0.2, 0.25) is 0 Å². The molecule has 2 N–H and O–H groups in total. The summed E-state index contributed by atoms with van der Waals surface area (Å²) in [5.41, 5.74) is 6.69. The summed E-state index contributed by atoms with van der Waals surface area (Å²) in [6.45, 7) is 1.98. The molecule has 0 atom stereocenters. The highest BCUT2D eigenvalue weighted by atomic mass is 16.5. The SMILES string of the molecule is COc1cncc(-c2cc(-c3cc4c(-n5cnc(C)c5)cccc4[nH]3)n[nH]2)c1. The van der Waals surface area contributed by atoms with Crippen LogP contribution in [-0.4, -0.2) is 36.8 Å². The molecule has 0 saturated carbocycles. The number of aryl methyl sites for hydroxylation is 1. The van der Waals surface area contributed by atoms with Crippen molar-refractivity contribution in [1.29, 1.82) is 0 Å². The van der Waals surface area contributed by atoms with Crippen LogP contribution in [0.5, 0.6) is 5.75 Å². The number of hydrogen-bond acceptors (Lipinski definition) is 4. The third-order valence-electron chi connectivity index (χ3n) is 4.74. The van der Waals surface area contributed by atoms with Crippen molar-refractivity contribution in [2.24, 2.45) is 0 Å². The van der Waals surface area contributed by atoms with Crippen LogP contribution in [0.3, 0.4) is 0 Å². The molecule has 0 amide bonds. The number of hydrogen-bond donors (Lipinski definition) is 2. The summed E-state index contributed by atoms with van der Waals surface area (Å²) in [6, 6.07) is 12.2. The Kier molecular flexibility index (Phi) is 3.72. The number of pyridine rings is 1. The van der Waals surface area contributed by atoms with Gasteiger partial charge in [-0.25, -0.2) is 4.98 Å². The Morgan fingerprint density at radius 1 is 1.07 bits per heavy atom. The van der Waals surface area contributed by atoms with Gasteiger partial charge in [0.05, 0.1) is 42.4 Å². The Balaban J connectivity index is 1.56. The van der Waals surface area contributed by atoms with E-state index in [1.165, 1.54) is 0 Å². The lowest BCUT2D eigenvalue weighted by atomic mass is 10.1. The summed E-state index contributed by atoms with van der Waals surface area (Å²) in [6.07, 6.45) is 7.31. The van der Waals surface area contributed by atoms with Crippen molar-refractivity contribution in [1.82, 2.24) is 29.7 Å². The molecule has 4 aromatic heterocycles. The molecule has 0 fully saturated rings. The van der Waals surface area contributed by atoms with Crippen molar-refractivity contribution in [3.8, 4) is 34.1 Å². The number of benzene rings is 1. The zero-order valence-electron chi connectivity index (χ0n) is 15.5. The topological polar surface area (TPSA) is 84.4 Å². The molecule has 7 nitrogen and oxygen atoms in total. The van der Waals surface area contributed by atoms with Gasteiger partial charge in [0, 0.05) is 28.9 Å². The highest BCUT2D eigenvalue weighted by Gasteiger charge is 2.12. The van der Waals surface area contributed by atoms with Crippen molar-refractivity contribution in [2.75, 3.05) is 7.11 Å². The van der Waals surface area contributed by atoms with Gasteiger partial charge in [0.25, 0.3) is 0 Å². The van der Waals surface area contributed by atoms with E-state index in [4.69, 9.17) is 4.74 Å². The van der Waals surface area contributed by atoms with Crippen molar-refractivity contribution in [2.45, 2.75) is 6.92 Å². The second-order valence-electron chi connectivity index (χ2n) is 6.62. The predicted octanol–water partition coefficient (Wildman–Crippen LogP) is 4.12. The molecule has 0 bridgehead atoms. The summed E-state index contributed by atoms with van der Waals surface area (Å²) in [5, 5.41) is 8.67. The van der Waals surface area contributed by atoms with E-state index in [1.807, 2.05) is 42.2 Å². The van der Waals surface area contributed by atoms with Gasteiger partial charge in [-0.2, -0.15) is 5.10 Å². The largest absolute Gasteiger partial charge is 0.495 e. The first-order valence-corrected chi connectivity index (χ1v) is 8.89. The van der Waals surface area contributed by atoms with Gasteiger partial charge in [-0.15, -0.1) is 0 Å². The van der Waals surface area contributed by atoms with Crippen LogP contribution in [0.15, 0.2) is 61.3 Å². The van der Waals surface area contributed by atoms with Gasteiger partial charge >= 0.3 is 0 Å². The third-order valence-corrected chi connectivity index (χ3v) is 4.74. The Labute approximate surface area is 161 Å². The smallest absolute Gasteiger partial charge is 0.137 e. The molecule has 28 heavy (non-hydrogen) atoms. The second kappa shape index (κ2) is 6.38. The molecule has 1 aromatic carbocycles. The number of ether oxygens (including phenoxy) is 1. The van der Waals surface area contributed by atoms with Crippen LogP contribution in [0, 0.1) is 6.92 Å². The molecular formula is C21H18N6O. The lowest BCUT2D eigenvalue weighted by molar-refractivity contribution is 0.413. The molecule has 7 heteroatoms. The molecule has 0 saturated heterocycles. The minimum Gasteiger partial charge on any atom is -0.495 e. The van der Waals surface area contributed by atoms with E-state index in [2.05, 4.69) is 43.3 Å². The lowest BCUT2D eigenvalue weighted by Gasteiger charge is -2.03. The maximum Gasteiger partial charge on any atom is 0.137 e. The summed E-state index contributed by atoms with van der Waals surface area (Å²) < 4.78 is 7.29. The van der Waals surface area contributed by atoms with E-state index in [1.54, 1.807) is 19.5 Å². The highest BCUT2D eigenvalue weighted by Crippen LogP contribution is 2.30. The molecule has 5 aromatic rings. The first kappa shape index (κ1) is 16.3. The fraction of sp³-hybridized carbons (Fsp3) is 0.0952. The fourth-order valence-corrected chi connectivity index (χ4v) is 3.34. The molecule has 0 radical (unpaired) electrons. The number of aromatic nitrogens is 6. The van der Waals surface area contributed by atoms with E-state index < -0.39 is 0 Å². The summed E-state index contributed by atoms with van der Waals surface area (Å²) in [7, 11) is 1.63. The van der Waals surface area contributed by atoms with Crippen molar-refractivity contribution < 1.29 is 4.74 Å². The summed E-state index contributed by atoms with van der Waals surface area (Å²) in [4.78, 5) is 12.0. The average Bonchev–Trinajstić information content (AvgIpc) is 3.46. The average molecular weight is 370 g/mol. The zero-order chi connectivity index (χ0) is 19.1. The standard InChI is InChI=1S/C21H18N6O/c1-13-11-27(12-23-13)21-5-3-4-17-16(21)7-19(24-17)20-8-18(25-26-20)14-6-15(28-2)10-22-9-14/h3-12,24H,1-2H3,(H,25,26). The fourth-order valence-electron chi connectivity index (χ4n) is 3.34. The van der Waals surface area contributed by atoms with Crippen molar-refractivity contribution in [3.63, 3.8) is 0 Å². The van der Waals surface area contributed by atoms with Crippen LogP contribution < -0.4 is 4.74 Å². The molecule has 0 spiro atoms. The summed E-state index contributed by atoms with van der Waals surface area (Å²) in [5.74, 6) is 0.708. The Hall–Kier alpha value is -3.87. The highest BCUT2D eigenvalue weighted by molar-refractivity contribution is 5.92. The first-order chi connectivity index (χ1) is 13.7. The van der Waals surface area contributed by atoms with Gasteiger partial charge in [0.1, 0.15) is 11.4 Å².